The van der Waals surface area contributed by atoms with Crippen LogP contribution in [0.2, 0.25) is 0 Å². The lowest BCUT2D eigenvalue weighted by Gasteiger charge is -2.15. The predicted molar refractivity (Wildman–Crippen MR) is 56.2 cm³/mol. The number of rotatable bonds is 1. The van der Waals surface area contributed by atoms with Crippen LogP contribution in [0.15, 0.2) is 6.07 Å². The largest absolute Gasteiger partial charge is 0.341 e. The molecule has 0 unspecified atom stereocenters. The molecule has 0 radical (unpaired) electrons. The number of aryl methyl sites for hydroxylation is 1. The summed E-state index contributed by atoms with van der Waals surface area (Å²) in [4.78, 5) is 10.9. The Morgan fingerprint density at radius 1 is 1.36 bits per heavy atom. The molecule has 0 amide bonds. The molecule has 14 heavy (non-hydrogen) atoms. The normalized spacial score (nSPS) is 15.6. The monoisotopic (exact) mass is 187 g/mol. The lowest BCUT2D eigenvalue weighted by Crippen LogP contribution is -2.21. The Bertz CT molecular complexity index is 373. The number of anilines is 1. The zero-order valence-corrected chi connectivity index (χ0v) is 8.32. The molecule has 0 saturated carbocycles. The fraction of sp³-hybridized carbons (Fsp3) is 0.455. The van der Waals surface area contributed by atoms with E-state index in [0.717, 1.165) is 24.7 Å². The molecule has 0 aliphatic carbocycles. The van der Waals surface area contributed by atoms with Crippen LogP contribution in [0.25, 0.3) is 0 Å². The molecule has 1 saturated heterocycles. The van der Waals surface area contributed by atoms with E-state index in [1.807, 2.05) is 13.0 Å². The summed E-state index contributed by atoms with van der Waals surface area (Å²) in [7, 11) is 0. The van der Waals surface area contributed by atoms with E-state index < -0.39 is 0 Å². The second kappa shape index (κ2) is 3.67. The van der Waals surface area contributed by atoms with Gasteiger partial charge in [0, 0.05) is 18.8 Å². The van der Waals surface area contributed by atoms with Crippen molar-refractivity contribution in [1.82, 2.24) is 9.97 Å². The molecule has 0 bridgehead atoms. The van der Waals surface area contributed by atoms with Crippen LogP contribution in [0, 0.1) is 19.3 Å². The van der Waals surface area contributed by atoms with Crippen molar-refractivity contribution in [3.8, 4) is 12.3 Å². The highest BCUT2D eigenvalue weighted by Gasteiger charge is 2.15. The third-order valence-electron chi connectivity index (χ3n) is 2.38. The summed E-state index contributed by atoms with van der Waals surface area (Å²) < 4.78 is 0. The maximum absolute atomic E-state index is 5.33. The van der Waals surface area contributed by atoms with Crippen LogP contribution in [0.4, 0.5) is 5.95 Å². The third kappa shape index (κ3) is 1.69. The van der Waals surface area contributed by atoms with Gasteiger partial charge in [-0.2, -0.15) is 0 Å². The minimum atomic E-state index is 0.680. The molecule has 1 fully saturated rings. The molecule has 0 atom stereocenters. The summed E-state index contributed by atoms with van der Waals surface area (Å²) >= 11 is 0. The SMILES string of the molecule is C#Cc1cc(C)nc(N2CCCC2)n1. The molecule has 1 aromatic rings. The Balaban J connectivity index is 2.33. The van der Waals surface area contributed by atoms with E-state index >= 15 is 0 Å². The Morgan fingerprint density at radius 2 is 2.07 bits per heavy atom. The minimum Gasteiger partial charge on any atom is -0.341 e. The molecular weight excluding hydrogens is 174 g/mol. The number of nitrogens with zero attached hydrogens (tertiary/aromatic N) is 3. The van der Waals surface area contributed by atoms with Gasteiger partial charge in [-0.25, -0.2) is 9.97 Å². The van der Waals surface area contributed by atoms with Gasteiger partial charge in [0.1, 0.15) is 5.69 Å². The van der Waals surface area contributed by atoms with Crippen LogP contribution < -0.4 is 4.90 Å². The first-order chi connectivity index (χ1) is 6.79. The molecule has 1 aliphatic rings. The second-order valence-corrected chi connectivity index (χ2v) is 3.53. The number of hydrogen-bond acceptors (Lipinski definition) is 3. The van der Waals surface area contributed by atoms with Crippen LogP contribution in [-0.4, -0.2) is 23.1 Å². The lowest BCUT2D eigenvalue weighted by atomic mass is 10.3. The van der Waals surface area contributed by atoms with Crippen LogP contribution in [0.1, 0.15) is 24.2 Å². The van der Waals surface area contributed by atoms with E-state index in [9.17, 15) is 0 Å². The zero-order valence-electron chi connectivity index (χ0n) is 8.32. The van der Waals surface area contributed by atoms with E-state index in [-0.39, 0.29) is 0 Å². The average molecular weight is 187 g/mol. The van der Waals surface area contributed by atoms with Crippen LogP contribution >= 0.6 is 0 Å². The van der Waals surface area contributed by atoms with Crippen molar-refractivity contribution in [3.63, 3.8) is 0 Å². The minimum absolute atomic E-state index is 0.680. The Hall–Kier alpha value is -1.56. The van der Waals surface area contributed by atoms with Gasteiger partial charge in [0.05, 0.1) is 0 Å². The first kappa shape index (κ1) is 9.01. The van der Waals surface area contributed by atoms with Gasteiger partial charge in [-0.05, 0) is 25.8 Å². The summed E-state index contributed by atoms with van der Waals surface area (Å²) in [6.45, 7) is 4.04. The Morgan fingerprint density at radius 3 is 2.71 bits per heavy atom. The summed E-state index contributed by atoms with van der Waals surface area (Å²) in [5.41, 5.74) is 1.62. The van der Waals surface area contributed by atoms with Crippen molar-refractivity contribution >= 4 is 5.95 Å². The van der Waals surface area contributed by atoms with E-state index in [0.29, 0.717) is 5.69 Å². The number of aromatic nitrogens is 2. The van der Waals surface area contributed by atoms with Gasteiger partial charge in [0.2, 0.25) is 5.95 Å². The van der Waals surface area contributed by atoms with E-state index in [1.165, 1.54) is 12.8 Å². The third-order valence-corrected chi connectivity index (χ3v) is 2.38. The van der Waals surface area contributed by atoms with E-state index in [1.54, 1.807) is 0 Å². The molecular formula is C11H13N3. The lowest BCUT2D eigenvalue weighted by molar-refractivity contribution is 0.885. The molecule has 3 nitrogen and oxygen atoms in total. The molecule has 2 rings (SSSR count). The van der Waals surface area contributed by atoms with Crippen LogP contribution in [0.3, 0.4) is 0 Å². The highest BCUT2D eigenvalue weighted by molar-refractivity contribution is 5.37. The van der Waals surface area contributed by atoms with Gasteiger partial charge in [-0.15, -0.1) is 6.42 Å². The molecule has 1 aliphatic heterocycles. The molecule has 2 heterocycles. The first-order valence-corrected chi connectivity index (χ1v) is 4.87. The average Bonchev–Trinajstić information content (AvgIpc) is 2.69. The molecule has 1 aromatic heterocycles. The van der Waals surface area contributed by atoms with E-state index in [2.05, 4.69) is 20.8 Å². The molecule has 0 N–H and O–H groups in total. The predicted octanol–water partition coefficient (Wildman–Crippen LogP) is 1.37. The molecule has 3 heteroatoms. The van der Waals surface area contributed by atoms with Crippen molar-refractivity contribution in [3.05, 3.63) is 17.5 Å². The van der Waals surface area contributed by atoms with Gasteiger partial charge in [0.25, 0.3) is 0 Å². The highest BCUT2D eigenvalue weighted by atomic mass is 15.3. The Labute approximate surface area is 84.2 Å². The van der Waals surface area contributed by atoms with Gasteiger partial charge >= 0.3 is 0 Å². The van der Waals surface area contributed by atoms with Crippen molar-refractivity contribution in [2.24, 2.45) is 0 Å². The summed E-state index contributed by atoms with van der Waals surface area (Å²) in [6, 6.07) is 1.83. The van der Waals surface area contributed by atoms with Gasteiger partial charge < -0.3 is 4.90 Å². The maximum atomic E-state index is 5.33. The smallest absolute Gasteiger partial charge is 0.226 e. The molecule has 0 spiro atoms. The first-order valence-electron chi connectivity index (χ1n) is 4.87. The summed E-state index contributed by atoms with van der Waals surface area (Å²) in [6.07, 6.45) is 7.78. The fourth-order valence-corrected chi connectivity index (χ4v) is 1.69. The summed E-state index contributed by atoms with van der Waals surface area (Å²) in [5.74, 6) is 3.34. The fourth-order valence-electron chi connectivity index (χ4n) is 1.69. The quantitative estimate of drug-likeness (QED) is 0.622. The topological polar surface area (TPSA) is 29.0 Å². The van der Waals surface area contributed by atoms with Crippen molar-refractivity contribution < 1.29 is 0 Å². The zero-order chi connectivity index (χ0) is 9.97. The van der Waals surface area contributed by atoms with Crippen LogP contribution in [0.5, 0.6) is 0 Å². The van der Waals surface area contributed by atoms with E-state index in [4.69, 9.17) is 6.42 Å². The van der Waals surface area contributed by atoms with Crippen molar-refractivity contribution in [1.29, 1.82) is 0 Å². The van der Waals surface area contributed by atoms with Crippen LogP contribution in [-0.2, 0) is 0 Å². The van der Waals surface area contributed by atoms with Crippen molar-refractivity contribution in [2.75, 3.05) is 18.0 Å². The summed E-state index contributed by atoms with van der Waals surface area (Å²) in [5, 5.41) is 0. The highest BCUT2D eigenvalue weighted by Crippen LogP contribution is 2.16. The maximum Gasteiger partial charge on any atom is 0.226 e. The van der Waals surface area contributed by atoms with Crippen molar-refractivity contribution in [2.45, 2.75) is 19.8 Å². The number of hydrogen-bond donors (Lipinski definition) is 0. The van der Waals surface area contributed by atoms with Gasteiger partial charge in [-0.3, -0.25) is 0 Å². The molecule has 0 aromatic carbocycles. The standard InChI is InChI=1S/C11H13N3/c1-3-10-8-9(2)12-11(13-10)14-6-4-5-7-14/h1,8H,4-7H2,2H3. The Kier molecular flexibility index (Phi) is 2.36. The molecule has 72 valence electrons. The number of terminal acetylenes is 1. The van der Waals surface area contributed by atoms with Gasteiger partial charge in [0.15, 0.2) is 0 Å². The second-order valence-electron chi connectivity index (χ2n) is 3.53. The van der Waals surface area contributed by atoms with Gasteiger partial charge in [-0.1, -0.05) is 5.92 Å².